The number of hydrazone groups is 1. The Morgan fingerprint density at radius 3 is 1.85 bits per heavy atom. The number of benzene rings is 2. The van der Waals surface area contributed by atoms with Crippen LogP contribution < -0.4 is 5.43 Å². The van der Waals surface area contributed by atoms with Crippen molar-refractivity contribution in [2.24, 2.45) is 5.10 Å². The number of nitrogens with one attached hydrogen (secondary N) is 1. The SMILES string of the molecule is CC(=NNC(=O)c1ccc(F)cc1)c1ccc(F)cc1. The topological polar surface area (TPSA) is 41.5 Å². The summed E-state index contributed by atoms with van der Waals surface area (Å²) in [5, 5.41) is 3.92. The van der Waals surface area contributed by atoms with Gasteiger partial charge in [0.2, 0.25) is 0 Å². The predicted molar refractivity (Wildman–Crippen MR) is 72.5 cm³/mol. The average molecular weight is 274 g/mol. The Hall–Kier alpha value is -2.56. The van der Waals surface area contributed by atoms with Crippen molar-refractivity contribution in [3.63, 3.8) is 0 Å². The first-order valence-electron chi connectivity index (χ1n) is 5.92. The number of amides is 1. The maximum atomic E-state index is 12.8. The van der Waals surface area contributed by atoms with Gasteiger partial charge in [-0.05, 0) is 48.9 Å². The molecular formula is C15H12F2N2O. The molecule has 0 fully saturated rings. The van der Waals surface area contributed by atoms with Crippen LogP contribution in [0.25, 0.3) is 0 Å². The lowest BCUT2D eigenvalue weighted by molar-refractivity contribution is 0.0955. The zero-order valence-electron chi connectivity index (χ0n) is 10.7. The smallest absolute Gasteiger partial charge is 0.267 e. The van der Waals surface area contributed by atoms with Gasteiger partial charge >= 0.3 is 0 Å². The van der Waals surface area contributed by atoms with Crippen LogP contribution in [0.15, 0.2) is 53.6 Å². The molecule has 0 aliphatic rings. The van der Waals surface area contributed by atoms with E-state index in [0.717, 1.165) is 0 Å². The predicted octanol–water partition coefficient (Wildman–Crippen LogP) is 3.12. The monoisotopic (exact) mass is 274 g/mol. The fourth-order valence-corrected chi connectivity index (χ4v) is 1.56. The molecule has 0 heterocycles. The molecule has 0 spiro atoms. The van der Waals surface area contributed by atoms with Gasteiger partial charge in [0, 0.05) is 5.56 Å². The lowest BCUT2D eigenvalue weighted by Gasteiger charge is -2.03. The first kappa shape index (κ1) is 13.9. The lowest BCUT2D eigenvalue weighted by Crippen LogP contribution is -2.19. The molecule has 1 N–H and O–H groups in total. The summed E-state index contributed by atoms with van der Waals surface area (Å²) in [6.45, 7) is 1.69. The molecule has 20 heavy (non-hydrogen) atoms. The zero-order valence-corrected chi connectivity index (χ0v) is 10.7. The molecule has 0 bridgehead atoms. The second kappa shape index (κ2) is 6.06. The van der Waals surface area contributed by atoms with E-state index in [1.165, 1.54) is 36.4 Å². The highest BCUT2D eigenvalue weighted by Gasteiger charge is 2.05. The first-order chi connectivity index (χ1) is 9.56. The third-order valence-corrected chi connectivity index (χ3v) is 2.69. The largest absolute Gasteiger partial charge is 0.271 e. The molecule has 102 valence electrons. The normalized spacial score (nSPS) is 11.2. The van der Waals surface area contributed by atoms with E-state index in [0.29, 0.717) is 16.8 Å². The maximum absolute atomic E-state index is 12.8. The Labute approximate surface area is 114 Å². The molecule has 0 saturated heterocycles. The Bertz CT molecular complexity index is 634. The highest BCUT2D eigenvalue weighted by atomic mass is 19.1. The summed E-state index contributed by atoms with van der Waals surface area (Å²) in [5.74, 6) is -1.18. The van der Waals surface area contributed by atoms with Crippen molar-refractivity contribution in [3.8, 4) is 0 Å². The van der Waals surface area contributed by atoms with Crippen molar-refractivity contribution in [3.05, 3.63) is 71.3 Å². The third kappa shape index (κ3) is 3.47. The Balaban J connectivity index is 2.06. The van der Waals surface area contributed by atoms with Crippen molar-refractivity contribution in [2.75, 3.05) is 0 Å². The van der Waals surface area contributed by atoms with Crippen molar-refractivity contribution in [1.82, 2.24) is 5.43 Å². The minimum Gasteiger partial charge on any atom is -0.267 e. The van der Waals surface area contributed by atoms with E-state index in [9.17, 15) is 13.6 Å². The van der Waals surface area contributed by atoms with Gasteiger partial charge in [0.15, 0.2) is 0 Å². The van der Waals surface area contributed by atoms with E-state index in [1.54, 1.807) is 19.1 Å². The number of carbonyl (C=O) groups is 1. The van der Waals surface area contributed by atoms with Crippen LogP contribution in [0.1, 0.15) is 22.8 Å². The number of hydrogen-bond donors (Lipinski definition) is 1. The fraction of sp³-hybridized carbons (Fsp3) is 0.0667. The highest BCUT2D eigenvalue weighted by molar-refractivity contribution is 6.00. The number of halogens is 2. The second-order valence-corrected chi connectivity index (χ2v) is 4.15. The molecule has 0 aliphatic heterocycles. The van der Waals surface area contributed by atoms with Crippen LogP contribution >= 0.6 is 0 Å². The minimum atomic E-state index is -0.438. The summed E-state index contributed by atoms with van der Waals surface area (Å²) in [7, 11) is 0. The number of rotatable bonds is 3. The van der Waals surface area contributed by atoms with Gasteiger partial charge in [-0.25, -0.2) is 14.2 Å². The number of nitrogens with zero attached hydrogens (tertiary/aromatic N) is 1. The van der Waals surface area contributed by atoms with E-state index in [2.05, 4.69) is 10.5 Å². The van der Waals surface area contributed by atoms with Crippen LogP contribution in [0.2, 0.25) is 0 Å². The van der Waals surface area contributed by atoms with Gasteiger partial charge in [0.25, 0.3) is 5.91 Å². The van der Waals surface area contributed by atoms with Crippen LogP contribution in [0, 0.1) is 11.6 Å². The quantitative estimate of drug-likeness (QED) is 0.678. The Kier molecular flexibility index (Phi) is 4.20. The number of carbonyl (C=O) groups excluding carboxylic acids is 1. The van der Waals surface area contributed by atoms with Gasteiger partial charge in [-0.15, -0.1) is 0 Å². The van der Waals surface area contributed by atoms with Crippen molar-refractivity contribution in [1.29, 1.82) is 0 Å². The Morgan fingerprint density at radius 1 is 0.900 bits per heavy atom. The molecule has 0 unspecified atom stereocenters. The van der Waals surface area contributed by atoms with Crippen LogP contribution in [-0.4, -0.2) is 11.6 Å². The molecule has 0 radical (unpaired) electrons. The molecule has 2 rings (SSSR count). The highest BCUT2D eigenvalue weighted by Crippen LogP contribution is 2.05. The minimum absolute atomic E-state index is 0.307. The molecule has 1 amide bonds. The van der Waals surface area contributed by atoms with Crippen molar-refractivity contribution in [2.45, 2.75) is 6.92 Å². The molecule has 0 aliphatic carbocycles. The van der Waals surface area contributed by atoms with Gasteiger partial charge < -0.3 is 0 Å². The standard InChI is InChI=1S/C15H12F2N2O/c1-10(11-2-6-13(16)7-3-11)18-19-15(20)12-4-8-14(17)9-5-12/h2-9H,1H3,(H,19,20). The van der Waals surface area contributed by atoms with Gasteiger partial charge in [-0.2, -0.15) is 5.10 Å². The number of hydrogen-bond acceptors (Lipinski definition) is 2. The fourth-order valence-electron chi connectivity index (χ4n) is 1.56. The van der Waals surface area contributed by atoms with Gasteiger partial charge in [0.05, 0.1) is 5.71 Å². The van der Waals surface area contributed by atoms with Crippen LogP contribution in [-0.2, 0) is 0 Å². The third-order valence-electron chi connectivity index (χ3n) is 2.69. The average Bonchev–Trinajstić information content (AvgIpc) is 2.46. The molecule has 2 aromatic rings. The maximum Gasteiger partial charge on any atom is 0.271 e. The van der Waals surface area contributed by atoms with Crippen LogP contribution in [0.3, 0.4) is 0 Å². The lowest BCUT2D eigenvalue weighted by atomic mass is 10.1. The van der Waals surface area contributed by atoms with E-state index < -0.39 is 11.7 Å². The molecule has 0 atom stereocenters. The van der Waals surface area contributed by atoms with E-state index in [-0.39, 0.29) is 5.82 Å². The molecule has 0 saturated carbocycles. The van der Waals surface area contributed by atoms with Gasteiger partial charge in [0.1, 0.15) is 11.6 Å². The second-order valence-electron chi connectivity index (χ2n) is 4.15. The van der Waals surface area contributed by atoms with Gasteiger partial charge in [-0.1, -0.05) is 12.1 Å². The van der Waals surface area contributed by atoms with Gasteiger partial charge in [-0.3, -0.25) is 4.79 Å². The summed E-state index contributed by atoms with van der Waals surface area (Å²) in [6.07, 6.45) is 0. The summed E-state index contributed by atoms with van der Waals surface area (Å²) in [6, 6.07) is 10.9. The summed E-state index contributed by atoms with van der Waals surface area (Å²) < 4.78 is 25.5. The molecular weight excluding hydrogens is 262 g/mol. The molecule has 5 heteroatoms. The molecule has 2 aromatic carbocycles. The van der Waals surface area contributed by atoms with E-state index >= 15 is 0 Å². The summed E-state index contributed by atoms with van der Waals surface area (Å²) >= 11 is 0. The molecule has 0 aromatic heterocycles. The zero-order chi connectivity index (χ0) is 14.5. The van der Waals surface area contributed by atoms with Crippen LogP contribution in [0.4, 0.5) is 8.78 Å². The Morgan fingerprint density at radius 2 is 1.35 bits per heavy atom. The summed E-state index contributed by atoms with van der Waals surface area (Å²) in [5.41, 5.74) is 3.91. The van der Waals surface area contributed by atoms with E-state index in [4.69, 9.17) is 0 Å². The molecule has 3 nitrogen and oxygen atoms in total. The summed E-state index contributed by atoms with van der Waals surface area (Å²) in [4.78, 5) is 11.7. The van der Waals surface area contributed by atoms with Crippen LogP contribution in [0.5, 0.6) is 0 Å². The van der Waals surface area contributed by atoms with E-state index in [1.807, 2.05) is 0 Å². The first-order valence-corrected chi connectivity index (χ1v) is 5.92. The van der Waals surface area contributed by atoms with Crippen molar-refractivity contribution >= 4 is 11.6 Å². The van der Waals surface area contributed by atoms with Crippen molar-refractivity contribution < 1.29 is 13.6 Å².